The monoisotopic (exact) mass is 176 g/mol. The molecule has 1 aromatic rings. The number of hydrogen-bond donors (Lipinski definition) is 0. The predicted molar refractivity (Wildman–Crippen MR) is 52.4 cm³/mol. The molecule has 0 atom stereocenters. The van der Waals surface area contributed by atoms with E-state index in [2.05, 4.69) is 16.5 Å². The second-order valence-electron chi connectivity index (χ2n) is 2.38. The van der Waals surface area contributed by atoms with E-state index < -0.39 is 0 Å². The van der Waals surface area contributed by atoms with Crippen molar-refractivity contribution >= 4 is 6.08 Å². The van der Waals surface area contributed by atoms with E-state index in [-0.39, 0.29) is 0 Å². The van der Waals surface area contributed by atoms with Crippen molar-refractivity contribution in [1.82, 2.24) is 9.97 Å². The van der Waals surface area contributed by atoms with E-state index in [4.69, 9.17) is 4.74 Å². The van der Waals surface area contributed by atoms with E-state index in [0.29, 0.717) is 18.2 Å². The lowest BCUT2D eigenvalue weighted by molar-refractivity contribution is 0.360. The summed E-state index contributed by atoms with van der Waals surface area (Å²) in [6, 6.07) is 0. The molecule has 3 nitrogen and oxygen atoms in total. The molecule has 0 spiro atoms. The van der Waals surface area contributed by atoms with Crippen LogP contribution in [0.1, 0.15) is 12.7 Å². The fraction of sp³-hybridized carbons (Fsp3) is 0.200. The van der Waals surface area contributed by atoms with Crippen molar-refractivity contribution in [3.63, 3.8) is 0 Å². The summed E-state index contributed by atoms with van der Waals surface area (Å²) >= 11 is 0. The number of nitrogens with zero attached hydrogens (tertiary/aromatic N) is 2. The number of allylic oxidation sites excluding steroid dienone is 1. The average molecular weight is 176 g/mol. The number of ether oxygens (including phenoxy) is 1. The molecule has 0 bridgehead atoms. The van der Waals surface area contributed by atoms with Crippen molar-refractivity contribution in [2.45, 2.75) is 6.92 Å². The summed E-state index contributed by atoms with van der Waals surface area (Å²) < 4.78 is 5.22. The van der Waals surface area contributed by atoms with Crippen LogP contribution in [-0.2, 0) is 0 Å². The Hall–Kier alpha value is -1.64. The Labute approximate surface area is 77.8 Å². The Morgan fingerprint density at radius 3 is 2.69 bits per heavy atom. The van der Waals surface area contributed by atoms with Gasteiger partial charge in [-0.1, -0.05) is 18.7 Å². The van der Waals surface area contributed by atoms with E-state index in [1.54, 1.807) is 18.5 Å². The molecule has 0 aliphatic heterocycles. The van der Waals surface area contributed by atoms with Gasteiger partial charge in [-0.2, -0.15) is 0 Å². The Bertz CT molecular complexity index is 290. The summed E-state index contributed by atoms with van der Waals surface area (Å²) in [4.78, 5) is 8.13. The first-order chi connectivity index (χ1) is 6.36. The maximum Gasteiger partial charge on any atom is 0.156 e. The zero-order chi connectivity index (χ0) is 9.52. The highest BCUT2D eigenvalue weighted by atomic mass is 16.5. The average Bonchev–Trinajstić information content (AvgIpc) is 2.17. The fourth-order valence-electron chi connectivity index (χ4n) is 0.791. The molecule has 0 N–H and O–H groups in total. The van der Waals surface area contributed by atoms with E-state index in [1.807, 2.05) is 19.1 Å². The van der Waals surface area contributed by atoms with Crippen molar-refractivity contribution in [2.75, 3.05) is 6.61 Å². The molecule has 0 radical (unpaired) electrons. The van der Waals surface area contributed by atoms with Gasteiger partial charge in [0.15, 0.2) is 11.6 Å². The molecule has 0 saturated heterocycles. The predicted octanol–water partition coefficient (Wildman–Crippen LogP) is 2.07. The molecule has 0 aliphatic carbocycles. The number of aromatic nitrogens is 2. The topological polar surface area (TPSA) is 35.0 Å². The van der Waals surface area contributed by atoms with Gasteiger partial charge < -0.3 is 4.74 Å². The van der Waals surface area contributed by atoms with Gasteiger partial charge in [-0.25, -0.2) is 9.97 Å². The van der Waals surface area contributed by atoms with Crippen LogP contribution in [0.25, 0.3) is 6.08 Å². The first-order valence-electron chi connectivity index (χ1n) is 4.05. The fourth-order valence-corrected chi connectivity index (χ4v) is 0.791. The minimum Gasteiger partial charge on any atom is -0.486 e. The highest BCUT2D eigenvalue weighted by molar-refractivity contribution is 5.39. The van der Waals surface area contributed by atoms with Gasteiger partial charge in [-0.15, -0.1) is 0 Å². The Morgan fingerprint density at radius 2 is 2.15 bits per heavy atom. The van der Waals surface area contributed by atoms with Crippen molar-refractivity contribution in [3.8, 4) is 5.75 Å². The lowest BCUT2D eigenvalue weighted by Gasteiger charge is -2.00. The zero-order valence-corrected chi connectivity index (χ0v) is 7.60. The van der Waals surface area contributed by atoms with Gasteiger partial charge in [0.25, 0.3) is 0 Å². The van der Waals surface area contributed by atoms with Gasteiger partial charge in [0.1, 0.15) is 6.61 Å². The van der Waals surface area contributed by atoms with Gasteiger partial charge in [0.05, 0.1) is 12.4 Å². The summed E-state index contributed by atoms with van der Waals surface area (Å²) in [5.74, 6) is 1.35. The minimum absolute atomic E-state index is 0.478. The van der Waals surface area contributed by atoms with Gasteiger partial charge in [0, 0.05) is 0 Å². The van der Waals surface area contributed by atoms with Crippen LogP contribution in [-0.4, -0.2) is 16.6 Å². The molecule has 0 aliphatic rings. The van der Waals surface area contributed by atoms with Gasteiger partial charge >= 0.3 is 0 Å². The first kappa shape index (κ1) is 9.45. The molecule has 1 aromatic heterocycles. The van der Waals surface area contributed by atoms with Crippen LogP contribution in [0.15, 0.2) is 31.1 Å². The van der Waals surface area contributed by atoms with Gasteiger partial charge in [-0.3, -0.25) is 0 Å². The summed E-state index contributed by atoms with van der Waals surface area (Å²) in [7, 11) is 0. The molecule has 68 valence electrons. The van der Waals surface area contributed by atoms with Gasteiger partial charge in [-0.05, 0) is 13.0 Å². The summed E-state index contributed by atoms with van der Waals surface area (Å²) in [6.45, 7) is 5.95. The van der Waals surface area contributed by atoms with Crippen LogP contribution in [0.5, 0.6) is 5.75 Å². The first-order valence-corrected chi connectivity index (χ1v) is 4.05. The number of hydrogen-bond acceptors (Lipinski definition) is 3. The van der Waals surface area contributed by atoms with Crippen molar-refractivity contribution in [3.05, 3.63) is 36.9 Å². The molecule has 0 unspecified atom stereocenters. The molecule has 13 heavy (non-hydrogen) atoms. The third-order valence-electron chi connectivity index (χ3n) is 1.33. The van der Waals surface area contributed by atoms with Crippen LogP contribution in [0.3, 0.4) is 0 Å². The van der Waals surface area contributed by atoms with Crippen LogP contribution in [0.2, 0.25) is 0 Å². The second kappa shape index (κ2) is 5.09. The quantitative estimate of drug-likeness (QED) is 0.659. The summed E-state index contributed by atoms with van der Waals surface area (Å²) in [5.41, 5.74) is 0. The van der Waals surface area contributed by atoms with E-state index >= 15 is 0 Å². The molecule has 0 amide bonds. The normalized spacial score (nSPS) is 10.2. The summed E-state index contributed by atoms with van der Waals surface area (Å²) in [6.07, 6.45) is 8.69. The molecule has 0 saturated carbocycles. The van der Waals surface area contributed by atoms with Crippen LogP contribution >= 0.6 is 0 Å². The standard InChI is InChI=1S/C10H12N2O/c1-3-5-10-11-7-9(8-12-10)13-6-4-2/h3-5,7-8H,2,6H2,1H3/b5-3+. The summed E-state index contributed by atoms with van der Waals surface area (Å²) in [5, 5.41) is 0. The molecule has 3 heteroatoms. The third-order valence-corrected chi connectivity index (χ3v) is 1.33. The van der Waals surface area contributed by atoms with E-state index in [9.17, 15) is 0 Å². The molecule has 0 aromatic carbocycles. The van der Waals surface area contributed by atoms with Crippen molar-refractivity contribution in [1.29, 1.82) is 0 Å². The largest absolute Gasteiger partial charge is 0.486 e. The Balaban J connectivity index is 2.63. The zero-order valence-electron chi connectivity index (χ0n) is 7.60. The Morgan fingerprint density at radius 1 is 1.46 bits per heavy atom. The highest BCUT2D eigenvalue weighted by Crippen LogP contribution is 2.06. The Kier molecular flexibility index (Phi) is 3.70. The third kappa shape index (κ3) is 3.07. The smallest absolute Gasteiger partial charge is 0.156 e. The van der Waals surface area contributed by atoms with E-state index in [1.165, 1.54) is 0 Å². The maximum absolute atomic E-state index is 5.22. The molecular formula is C10H12N2O. The molecule has 1 rings (SSSR count). The van der Waals surface area contributed by atoms with Crippen LogP contribution in [0.4, 0.5) is 0 Å². The van der Waals surface area contributed by atoms with E-state index in [0.717, 1.165) is 0 Å². The molecular weight excluding hydrogens is 164 g/mol. The highest BCUT2D eigenvalue weighted by Gasteiger charge is 1.93. The molecule has 0 fully saturated rings. The number of rotatable bonds is 4. The minimum atomic E-state index is 0.478. The van der Waals surface area contributed by atoms with Crippen molar-refractivity contribution < 1.29 is 4.74 Å². The second-order valence-corrected chi connectivity index (χ2v) is 2.38. The van der Waals surface area contributed by atoms with Crippen LogP contribution < -0.4 is 4.74 Å². The SMILES string of the molecule is C=CCOc1cnc(/C=C/C)nc1. The van der Waals surface area contributed by atoms with Crippen LogP contribution in [0, 0.1) is 0 Å². The maximum atomic E-state index is 5.22. The molecule has 1 heterocycles. The lowest BCUT2D eigenvalue weighted by atomic mass is 10.5. The lowest BCUT2D eigenvalue weighted by Crippen LogP contribution is -1.95. The van der Waals surface area contributed by atoms with Crippen molar-refractivity contribution in [2.24, 2.45) is 0 Å². The van der Waals surface area contributed by atoms with Gasteiger partial charge in [0.2, 0.25) is 0 Å².